The highest BCUT2D eigenvalue weighted by molar-refractivity contribution is 5.98. The van der Waals surface area contributed by atoms with E-state index in [-0.39, 0.29) is 11.5 Å². The molecule has 0 bridgehead atoms. The molecule has 5 heteroatoms. The fourth-order valence-electron chi connectivity index (χ4n) is 4.40. The van der Waals surface area contributed by atoms with Crippen molar-refractivity contribution >= 4 is 16.8 Å². The SMILES string of the molecule is O=C(c1cc2ccccc2[nH]1)N1CC2(C1)OCC[C@@H]2CCOCC1CC1. The van der Waals surface area contributed by atoms with Gasteiger partial charge in [-0.2, -0.15) is 0 Å². The lowest BCUT2D eigenvalue weighted by molar-refractivity contribution is -0.120. The van der Waals surface area contributed by atoms with Crippen LogP contribution in [-0.4, -0.2) is 54.3 Å². The maximum atomic E-state index is 12.8. The summed E-state index contributed by atoms with van der Waals surface area (Å²) in [6.45, 7) is 3.96. The lowest BCUT2D eigenvalue weighted by Crippen LogP contribution is -2.66. The van der Waals surface area contributed by atoms with E-state index in [0.29, 0.717) is 24.7 Å². The average Bonchev–Trinajstić information content (AvgIpc) is 3.18. The van der Waals surface area contributed by atoms with E-state index in [2.05, 4.69) is 4.98 Å². The summed E-state index contributed by atoms with van der Waals surface area (Å²) in [5.41, 5.74) is 1.54. The third-order valence-electron chi connectivity index (χ3n) is 6.23. The van der Waals surface area contributed by atoms with Crippen LogP contribution in [0.15, 0.2) is 30.3 Å². The van der Waals surface area contributed by atoms with Crippen molar-refractivity contribution in [3.05, 3.63) is 36.0 Å². The topological polar surface area (TPSA) is 54.6 Å². The van der Waals surface area contributed by atoms with Gasteiger partial charge in [-0.3, -0.25) is 4.79 Å². The van der Waals surface area contributed by atoms with Gasteiger partial charge in [-0.1, -0.05) is 18.2 Å². The number of likely N-dealkylation sites (tertiary alicyclic amines) is 1. The Hall–Kier alpha value is -1.85. The number of ether oxygens (including phenoxy) is 2. The molecule has 3 heterocycles. The smallest absolute Gasteiger partial charge is 0.270 e. The molecule has 2 aromatic rings. The lowest BCUT2D eigenvalue weighted by Gasteiger charge is -2.50. The summed E-state index contributed by atoms with van der Waals surface area (Å²) in [7, 11) is 0. The molecule has 3 fully saturated rings. The lowest BCUT2D eigenvalue weighted by atomic mass is 9.79. The molecule has 1 N–H and O–H groups in total. The van der Waals surface area contributed by atoms with E-state index in [9.17, 15) is 4.79 Å². The first-order chi connectivity index (χ1) is 12.7. The monoisotopic (exact) mass is 354 g/mol. The fraction of sp³-hybridized carbons (Fsp3) is 0.571. The highest BCUT2D eigenvalue weighted by Gasteiger charge is 2.54. The van der Waals surface area contributed by atoms with Gasteiger partial charge in [-0.05, 0) is 49.7 Å². The predicted octanol–water partition coefficient (Wildman–Crippen LogP) is 3.22. The summed E-state index contributed by atoms with van der Waals surface area (Å²) in [6.07, 6.45) is 4.80. The minimum atomic E-state index is -0.134. The molecule has 1 aromatic heterocycles. The molecule has 0 radical (unpaired) electrons. The number of aromatic amines is 1. The quantitative estimate of drug-likeness (QED) is 0.811. The summed E-state index contributed by atoms with van der Waals surface area (Å²) in [5.74, 6) is 1.40. The second kappa shape index (κ2) is 6.39. The summed E-state index contributed by atoms with van der Waals surface area (Å²) in [6, 6.07) is 9.94. The zero-order valence-electron chi connectivity index (χ0n) is 15.1. The van der Waals surface area contributed by atoms with Gasteiger partial charge in [0, 0.05) is 30.7 Å². The first kappa shape index (κ1) is 16.3. The molecule has 5 nitrogen and oxygen atoms in total. The molecular formula is C21H26N2O3. The molecule has 1 spiro atoms. The van der Waals surface area contributed by atoms with Crippen LogP contribution < -0.4 is 0 Å². The normalized spacial score (nSPS) is 24.3. The number of nitrogens with zero attached hydrogens (tertiary/aromatic N) is 1. The highest BCUT2D eigenvalue weighted by Crippen LogP contribution is 2.42. The van der Waals surface area contributed by atoms with Crippen LogP contribution in [0, 0.1) is 11.8 Å². The number of aromatic nitrogens is 1. The van der Waals surface area contributed by atoms with Crippen molar-refractivity contribution in [3.63, 3.8) is 0 Å². The standard InChI is InChI=1S/C21H26N2O3/c24-20(19-11-16-3-1-2-4-18(16)22-19)23-13-21(14-23)17(8-10-26-21)7-9-25-12-15-5-6-15/h1-4,11,15,17,22H,5-10,12-14H2/t17-/m0/s1. The number of carbonyl (C=O) groups is 1. The largest absolute Gasteiger partial charge is 0.381 e. The zero-order valence-corrected chi connectivity index (χ0v) is 15.1. The van der Waals surface area contributed by atoms with Gasteiger partial charge in [0.1, 0.15) is 11.3 Å². The van der Waals surface area contributed by atoms with Crippen molar-refractivity contribution in [1.82, 2.24) is 9.88 Å². The molecular weight excluding hydrogens is 328 g/mol. The van der Waals surface area contributed by atoms with E-state index in [4.69, 9.17) is 9.47 Å². The number of hydrogen-bond acceptors (Lipinski definition) is 3. The summed E-state index contributed by atoms with van der Waals surface area (Å²) in [4.78, 5) is 18.0. The number of para-hydroxylation sites is 1. The minimum Gasteiger partial charge on any atom is -0.381 e. The highest BCUT2D eigenvalue weighted by atomic mass is 16.5. The van der Waals surface area contributed by atoms with Gasteiger partial charge in [0.25, 0.3) is 5.91 Å². The number of benzene rings is 1. The Kier molecular flexibility index (Phi) is 4.02. The molecule has 2 saturated heterocycles. The molecule has 26 heavy (non-hydrogen) atoms. The molecule has 1 amide bonds. The Bertz CT molecular complexity index is 771. The van der Waals surface area contributed by atoms with E-state index in [1.807, 2.05) is 35.2 Å². The molecule has 0 unspecified atom stereocenters. The van der Waals surface area contributed by atoms with Crippen LogP contribution in [0.3, 0.4) is 0 Å². The molecule has 1 aromatic carbocycles. The third kappa shape index (κ3) is 2.93. The van der Waals surface area contributed by atoms with Crippen LogP contribution in [0.4, 0.5) is 0 Å². The minimum absolute atomic E-state index is 0.0751. The van der Waals surface area contributed by atoms with Crippen molar-refractivity contribution in [1.29, 1.82) is 0 Å². The number of amides is 1. The number of nitrogens with one attached hydrogen (secondary N) is 1. The number of fused-ring (bicyclic) bond motifs is 1. The van der Waals surface area contributed by atoms with E-state index >= 15 is 0 Å². The van der Waals surface area contributed by atoms with Gasteiger partial charge in [-0.25, -0.2) is 0 Å². The predicted molar refractivity (Wildman–Crippen MR) is 99.2 cm³/mol. The molecule has 3 aliphatic rings. The van der Waals surface area contributed by atoms with E-state index < -0.39 is 0 Å². The average molecular weight is 354 g/mol. The van der Waals surface area contributed by atoms with Crippen LogP contribution in [0.5, 0.6) is 0 Å². The molecule has 138 valence electrons. The van der Waals surface area contributed by atoms with Crippen LogP contribution in [0.2, 0.25) is 0 Å². The number of rotatable bonds is 6. The van der Waals surface area contributed by atoms with Gasteiger partial charge < -0.3 is 19.4 Å². The first-order valence-corrected chi connectivity index (χ1v) is 9.82. The van der Waals surface area contributed by atoms with Crippen LogP contribution in [0.25, 0.3) is 10.9 Å². The van der Waals surface area contributed by atoms with Crippen molar-refractivity contribution in [3.8, 4) is 0 Å². The summed E-state index contributed by atoms with van der Waals surface area (Å²) < 4.78 is 11.9. The Labute approximate surface area is 153 Å². The van der Waals surface area contributed by atoms with Crippen molar-refractivity contribution in [2.75, 3.05) is 32.9 Å². The van der Waals surface area contributed by atoms with E-state index in [1.165, 1.54) is 12.8 Å². The van der Waals surface area contributed by atoms with Crippen LogP contribution in [-0.2, 0) is 9.47 Å². The molecule has 2 aliphatic heterocycles. The number of H-pyrrole nitrogens is 1. The van der Waals surface area contributed by atoms with Crippen molar-refractivity contribution in [2.45, 2.75) is 31.3 Å². The summed E-state index contributed by atoms with van der Waals surface area (Å²) in [5, 5.41) is 1.08. The van der Waals surface area contributed by atoms with Crippen LogP contribution >= 0.6 is 0 Å². The second-order valence-corrected chi connectivity index (χ2v) is 8.14. The third-order valence-corrected chi connectivity index (χ3v) is 6.23. The Morgan fingerprint density at radius 1 is 1.27 bits per heavy atom. The second-order valence-electron chi connectivity index (χ2n) is 8.14. The van der Waals surface area contributed by atoms with E-state index in [0.717, 1.165) is 49.5 Å². The maximum Gasteiger partial charge on any atom is 0.270 e. The number of hydrogen-bond donors (Lipinski definition) is 1. The van der Waals surface area contributed by atoms with Gasteiger partial charge >= 0.3 is 0 Å². The fourth-order valence-corrected chi connectivity index (χ4v) is 4.40. The van der Waals surface area contributed by atoms with Gasteiger partial charge in [0.2, 0.25) is 0 Å². The van der Waals surface area contributed by atoms with Gasteiger partial charge in [-0.15, -0.1) is 0 Å². The molecule has 1 saturated carbocycles. The Morgan fingerprint density at radius 2 is 2.12 bits per heavy atom. The first-order valence-electron chi connectivity index (χ1n) is 9.82. The van der Waals surface area contributed by atoms with Gasteiger partial charge in [0.05, 0.1) is 13.1 Å². The maximum absolute atomic E-state index is 12.8. The Balaban J connectivity index is 1.18. The summed E-state index contributed by atoms with van der Waals surface area (Å²) >= 11 is 0. The Morgan fingerprint density at radius 3 is 2.92 bits per heavy atom. The molecule has 1 aliphatic carbocycles. The van der Waals surface area contributed by atoms with Crippen molar-refractivity contribution in [2.24, 2.45) is 11.8 Å². The molecule has 5 rings (SSSR count). The number of carbonyl (C=O) groups excluding carboxylic acids is 1. The molecule has 1 atom stereocenters. The zero-order chi connectivity index (χ0) is 17.6. The van der Waals surface area contributed by atoms with E-state index in [1.54, 1.807) is 0 Å². The van der Waals surface area contributed by atoms with Crippen molar-refractivity contribution < 1.29 is 14.3 Å². The van der Waals surface area contributed by atoms with Gasteiger partial charge in [0.15, 0.2) is 0 Å². The van der Waals surface area contributed by atoms with Crippen LogP contribution in [0.1, 0.15) is 36.2 Å².